The Bertz CT molecular complexity index is 405. The molecule has 0 saturated heterocycles. The molecule has 0 amide bonds. The van der Waals surface area contributed by atoms with Crippen LogP contribution < -0.4 is 10.6 Å². The molecule has 0 bridgehead atoms. The smallest absolute Gasteiger partial charge is 0.190 e. The van der Waals surface area contributed by atoms with Gasteiger partial charge in [-0.25, -0.2) is 0 Å². The first kappa shape index (κ1) is 17.7. The van der Waals surface area contributed by atoms with Crippen molar-refractivity contribution in [2.75, 3.05) is 20.6 Å². The molecule has 0 unspecified atom stereocenters. The fourth-order valence-electron chi connectivity index (χ4n) is 1.69. The lowest BCUT2D eigenvalue weighted by Crippen LogP contribution is -2.42. The normalized spacial score (nSPS) is 11.7. The highest BCUT2D eigenvalue weighted by Gasteiger charge is 2.22. The fraction of sp³-hybridized carbons (Fsp3) is 0.462. The molecule has 0 fully saturated rings. The monoisotopic (exact) mass is 425 g/mol. The Balaban J connectivity index is 0.00000289. The summed E-state index contributed by atoms with van der Waals surface area (Å²) in [6.45, 7) is 5.25. The van der Waals surface area contributed by atoms with E-state index in [-0.39, 0.29) is 29.4 Å². The minimum Gasteiger partial charge on any atom is -0.359 e. The first-order valence-corrected chi connectivity index (χ1v) is 6.44. The van der Waals surface area contributed by atoms with Crippen molar-refractivity contribution in [3.05, 3.63) is 34.3 Å². The molecule has 0 heterocycles. The SMILES string of the molecule is CN=C(NC)NCC(C)(C)c1ccccc1Br.I. The Kier molecular flexibility index (Phi) is 7.86. The van der Waals surface area contributed by atoms with Gasteiger partial charge in [-0.15, -0.1) is 24.0 Å². The molecular formula is C13H21BrIN3. The van der Waals surface area contributed by atoms with E-state index in [1.54, 1.807) is 7.05 Å². The highest BCUT2D eigenvalue weighted by atomic mass is 127. The fourth-order valence-corrected chi connectivity index (χ4v) is 2.51. The minimum atomic E-state index is 0. The van der Waals surface area contributed by atoms with Gasteiger partial charge >= 0.3 is 0 Å². The second kappa shape index (κ2) is 7.99. The third-order valence-corrected chi connectivity index (χ3v) is 3.45. The molecule has 102 valence electrons. The van der Waals surface area contributed by atoms with E-state index in [1.165, 1.54) is 5.56 Å². The lowest BCUT2D eigenvalue weighted by Gasteiger charge is -2.27. The highest BCUT2D eigenvalue weighted by molar-refractivity contribution is 14.0. The van der Waals surface area contributed by atoms with Gasteiger partial charge in [0.25, 0.3) is 0 Å². The molecule has 5 heteroatoms. The van der Waals surface area contributed by atoms with Crippen LogP contribution in [-0.2, 0) is 5.41 Å². The van der Waals surface area contributed by atoms with E-state index in [0.717, 1.165) is 17.0 Å². The molecule has 0 spiro atoms. The van der Waals surface area contributed by atoms with Gasteiger partial charge in [-0.05, 0) is 11.6 Å². The van der Waals surface area contributed by atoms with Gasteiger partial charge in [0.15, 0.2) is 5.96 Å². The standard InChI is InChI=1S/C13H20BrN3.HI/c1-13(2,9-17-12(15-3)16-4)10-7-5-6-8-11(10)14;/h5-8H,9H2,1-4H3,(H2,15,16,17);1H. The van der Waals surface area contributed by atoms with Crippen molar-refractivity contribution in [1.82, 2.24) is 10.6 Å². The second-order valence-corrected chi connectivity index (χ2v) is 5.39. The van der Waals surface area contributed by atoms with E-state index >= 15 is 0 Å². The van der Waals surface area contributed by atoms with Gasteiger partial charge in [-0.3, -0.25) is 4.99 Å². The van der Waals surface area contributed by atoms with Crippen LogP contribution in [0.15, 0.2) is 33.7 Å². The predicted molar refractivity (Wildman–Crippen MR) is 93.0 cm³/mol. The Morgan fingerprint density at radius 3 is 2.44 bits per heavy atom. The average molecular weight is 426 g/mol. The number of nitrogens with one attached hydrogen (secondary N) is 2. The largest absolute Gasteiger partial charge is 0.359 e. The summed E-state index contributed by atoms with van der Waals surface area (Å²) in [6.07, 6.45) is 0. The number of benzene rings is 1. The van der Waals surface area contributed by atoms with Crippen LogP contribution in [0.3, 0.4) is 0 Å². The molecule has 0 aromatic heterocycles. The van der Waals surface area contributed by atoms with Gasteiger partial charge in [0.1, 0.15) is 0 Å². The van der Waals surface area contributed by atoms with Crippen LogP contribution in [0, 0.1) is 0 Å². The Hall–Kier alpha value is -0.300. The van der Waals surface area contributed by atoms with E-state index in [2.05, 4.69) is 63.6 Å². The summed E-state index contributed by atoms with van der Waals surface area (Å²) in [7, 11) is 3.63. The highest BCUT2D eigenvalue weighted by Crippen LogP contribution is 2.29. The quantitative estimate of drug-likeness (QED) is 0.443. The first-order valence-electron chi connectivity index (χ1n) is 5.64. The number of rotatable bonds is 3. The summed E-state index contributed by atoms with van der Waals surface area (Å²) in [5.41, 5.74) is 1.33. The molecule has 18 heavy (non-hydrogen) atoms. The van der Waals surface area contributed by atoms with E-state index in [4.69, 9.17) is 0 Å². The van der Waals surface area contributed by atoms with Crippen LogP contribution in [0.5, 0.6) is 0 Å². The number of guanidine groups is 1. The molecule has 0 saturated carbocycles. The molecule has 1 aromatic carbocycles. The van der Waals surface area contributed by atoms with Gasteiger partial charge in [0, 0.05) is 30.5 Å². The van der Waals surface area contributed by atoms with Gasteiger partial charge in [0.2, 0.25) is 0 Å². The maximum Gasteiger partial charge on any atom is 0.190 e. The van der Waals surface area contributed by atoms with Crippen LogP contribution in [-0.4, -0.2) is 26.6 Å². The second-order valence-electron chi connectivity index (χ2n) is 4.54. The summed E-state index contributed by atoms with van der Waals surface area (Å²) in [4.78, 5) is 4.11. The maximum absolute atomic E-state index is 4.11. The van der Waals surface area contributed by atoms with Crippen LogP contribution in [0.25, 0.3) is 0 Å². The third-order valence-electron chi connectivity index (χ3n) is 2.76. The molecule has 0 radical (unpaired) electrons. The third kappa shape index (κ3) is 4.76. The average Bonchev–Trinajstić information content (AvgIpc) is 2.30. The summed E-state index contributed by atoms with van der Waals surface area (Å²) in [5.74, 6) is 0.810. The molecule has 1 aromatic rings. The van der Waals surface area contributed by atoms with Gasteiger partial charge in [-0.2, -0.15) is 0 Å². The van der Waals surface area contributed by atoms with Crippen molar-refractivity contribution < 1.29 is 0 Å². The van der Waals surface area contributed by atoms with E-state index in [0.29, 0.717) is 0 Å². The minimum absolute atomic E-state index is 0. The van der Waals surface area contributed by atoms with Crippen molar-refractivity contribution >= 4 is 45.9 Å². The van der Waals surface area contributed by atoms with E-state index in [1.807, 2.05) is 13.1 Å². The number of hydrogen-bond donors (Lipinski definition) is 2. The zero-order valence-corrected chi connectivity index (χ0v) is 15.2. The van der Waals surface area contributed by atoms with Crippen LogP contribution in [0.2, 0.25) is 0 Å². The Morgan fingerprint density at radius 1 is 1.33 bits per heavy atom. The molecule has 0 atom stereocenters. The van der Waals surface area contributed by atoms with Crippen molar-refractivity contribution in [1.29, 1.82) is 0 Å². The maximum atomic E-state index is 4.11. The van der Waals surface area contributed by atoms with Crippen molar-refractivity contribution in [3.8, 4) is 0 Å². The number of hydrogen-bond acceptors (Lipinski definition) is 1. The molecule has 3 nitrogen and oxygen atoms in total. The summed E-state index contributed by atoms with van der Waals surface area (Å²) in [6, 6.07) is 8.32. The number of halogens is 2. The van der Waals surface area contributed by atoms with Crippen molar-refractivity contribution in [2.24, 2.45) is 4.99 Å². The Morgan fingerprint density at radius 2 is 1.94 bits per heavy atom. The summed E-state index contributed by atoms with van der Waals surface area (Å²) < 4.78 is 1.14. The zero-order chi connectivity index (χ0) is 12.9. The molecule has 2 N–H and O–H groups in total. The summed E-state index contributed by atoms with van der Waals surface area (Å²) >= 11 is 3.60. The topological polar surface area (TPSA) is 36.4 Å². The lowest BCUT2D eigenvalue weighted by molar-refractivity contribution is 0.508. The van der Waals surface area contributed by atoms with Crippen LogP contribution >= 0.6 is 39.9 Å². The lowest BCUT2D eigenvalue weighted by atomic mass is 9.84. The van der Waals surface area contributed by atoms with Crippen molar-refractivity contribution in [2.45, 2.75) is 19.3 Å². The predicted octanol–water partition coefficient (Wildman–Crippen LogP) is 3.14. The van der Waals surface area contributed by atoms with Gasteiger partial charge < -0.3 is 10.6 Å². The van der Waals surface area contributed by atoms with E-state index < -0.39 is 0 Å². The molecular weight excluding hydrogens is 405 g/mol. The Labute approximate surface area is 135 Å². The van der Waals surface area contributed by atoms with Crippen molar-refractivity contribution in [3.63, 3.8) is 0 Å². The van der Waals surface area contributed by atoms with Gasteiger partial charge in [0.05, 0.1) is 0 Å². The van der Waals surface area contributed by atoms with Crippen LogP contribution in [0.4, 0.5) is 0 Å². The molecule has 0 aliphatic rings. The molecule has 1 rings (SSSR count). The zero-order valence-electron chi connectivity index (χ0n) is 11.2. The summed E-state index contributed by atoms with van der Waals surface area (Å²) in [5, 5.41) is 6.32. The van der Waals surface area contributed by atoms with E-state index in [9.17, 15) is 0 Å². The number of aliphatic imine (C=N–C) groups is 1. The number of nitrogens with zero attached hydrogens (tertiary/aromatic N) is 1. The molecule has 0 aliphatic carbocycles. The molecule has 0 aliphatic heterocycles. The van der Waals surface area contributed by atoms with Gasteiger partial charge in [-0.1, -0.05) is 48.0 Å². The van der Waals surface area contributed by atoms with Crippen LogP contribution in [0.1, 0.15) is 19.4 Å². The first-order chi connectivity index (χ1) is 8.01.